The van der Waals surface area contributed by atoms with E-state index in [0.29, 0.717) is 11.3 Å². The third-order valence-electron chi connectivity index (χ3n) is 2.52. The van der Waals surface area contributed by atoms with E-state index >= 15 is 0 Å². The quantitative estimate of drug-likeness (QED) is 0.701. The number of hydrogen-bond donors (Lipinski definition) is 1. The summed E-state index contributed by atoms with van der Waals surface area (Å²) < 4.78 is 23.8. The molecule has 1 N–H and O–H groups in total. The molecule has 0 saturated heterocycles. The molecule has 1 amide bonds. The van der Waals surface area contributed by atoms with Gasteiger partial charge >= 0.3 is 0 Å². The van der Waals surface area contributed by atoms with Crippen molar-refractivity contribution in [2.75, 3.05) is 5.32 Å². The van der Waals surface area contributed by atoms with Crippen LogP contribution in [-0.2, 0) is 9.05 Å². The molecule has 0 aromatic heterocycles. The van der Waals surface area contributed by atoms with E-state index in [1.54, 1.807) is 12.1 Å². The lowest BCUT2D eigenvalue weighted by atomic mass is 10.2. The molecule has 0 aliphatic carbocycles. The summed E-state index contributed by atoms with van der Waals surface area (Å²) in [4.78, 5) is 12.1. The first-order valence-corrected chi connectivity index (χ1v) is 9.47. The maximum absolute atomic E-state index is 12.1. The van der Waals surface area contributed by atoms with Crippen LogP contribution in [0.25, 0.3) is 0 Å². The number of rotatable bonds is 3. The summed E-state index contributed by atoms with van der Waals surface area (Å²) in [5.41, 5.74) is 0.936. The van der Waals surface area contributed by atoms with Gasteiger partial charge in [-0.15, -0.1) is 0 Å². The highest BCUT2D eigenvalue weighted by molar-refractivity contribution is 9.11. The highest BCUT2D eigenvalue weighted by Crippen LogP contribution is 2.22. The van der Waals surface area contributed by atoms with Crippen molar-refractivity contribution in [3.8, 4) is 0 Å². The van der Waals surface area contributed by atoms with Crippen LogP contribution in [-0.4, -0.2) is 14.3 Å². The van der Waals surface area contributed by atoms with E-state index in [4.69, 9.17) is 10.7 Å². The van der Waals surface area contributed by atoms with Crippen LogP contribution in [0.3, 0.4) is 0 Å². The van der Waals surface area contributed by atoms with E-state index in [2.05, 4.69) is 37.2 Å². The molecule has 0 unspecified atom stereocenters. The molecule has 0 saturated carbocycles. The molecular formula is C13H8Br2ClNO3S. The molecule has 0 aliphatic rings. The Morgan fingerprint density at radius 1 is 1.00 bits per heavy atom. The average molecular weight is 454 g/mol. The number of carbonyl (C=O) groups is 1. The van der Waals surface area contributed by atoms with Crippen LogP contribution in [0.4, 0.5) is 5.69 Å². The van der Waals surface area contributed by atoms with Crippen molar-refractivity contribution in [3.63, 3.8) is 0 Å². The first kappa shape index (κ1) is 16.5. The molecule has 2 aromatic carbocycles. The molecule has 2 aromatic rings. The third kappa shape index (κ3) is 4.54. The van der Waals surface area contributed by atoms with E-state index in [1.807, 2.05) is 6.07 Å². The summed E-state index contributed by atoms with van der Waals surface area (Å²) in [5, 5.41) is 2.67. The number of benzene rings is 2. The van der Waals surface area contributed by atoms with Gasteiger partial charge in [-0.3, -0.25) is 4.79 Å². The van der Waals surface area contributed by atoms with Crippen LogP contribution in [0, 0.1) is 0 Å². The number of nitrogens with one attached hydrogen (secondary N) is 1. The van der Waals surface area contributed by atoms with Crippen LogP contribution in [0.1, 0.15) is 10.4 Å². The van der Waals surface area contributed by atoms with Gasteiger partial charge in [0.25, 0.3) is 15.0 Å². The van der Waals surface area contributed by atoms with Crippen molar-refractivity contribution >= 4 is 63.2 Å². The molecule has 21 heavy (non-hydrogen) atoms. The minimum absolute atomic E-state index is 0.0210. The van der Waals surface area contributed by atoms with Gasteiger partial charge in [0.05, 0.1) is 4.90 Å². The molecule has 0 radical (unpaired) electrons. The van der Waals surface area contributed by atoms with Gasteiger partial charge in [-0.1, -0.05) is 31.9 Å². The molecule has 2 rings (SSSR count). The van der Waals surface area contributed by atoms with Crippen LogP contribution < -0.4 is 5.32 Å². The molecule has 0 spiro atoms. The largest absolute Gasteiger partial charge is 0.322 e. The molecule has 4 nitrogen and oxygen atoms in total. The molecule has 0 fully saturated rings. The maximum atomic E-state index is 12.1. The average Bonchev–Trinajstić information content (AvgIpc) is 2.37. The smallest absolute Gasteiger partial charge is 0.261 e. The topological polar surface area (TPSA) is 63.2 Å². The van der Waals surface area contributed by atoms with Crippen molar-refractivity contribution in [2.24, 2.45) is 0 Å². The first-order valence-electron chi connectivity index (χ1n) is 5.58. The standard InChI is InChI=1S/C13H8Br2ClNO3S/c14-9-5-8(6-10(15)7-9)13(18)17-11-1-3-12(4-2-11)21(16,19)20/h1-7H,(H,17,18). The van der Waals surface area contributed by atoms with E-state index < -0.39 is 9.05 Å². The fourth-order valence-corrected chi connectivity index (χ4v) is 3.65. The third-order valence-corrected chi connectivity index (χ3v) is 4.80. The van der Waals surface area contributed by atoms with Crippen LogP contribution in [0.15, 0.2) is 56.3 Å². The van der Waals surface area contributed by atoms with Crippen molar-refractivity contribution in [1.82, 2.24) is 0 Å². The zero-order valence-electron chi connectivity index (χ0n) is 10.3. The van der Waals surface area contributed by atoms with Crippen molar-refractivity contribution in [2.45, 2.75) is 4.90 Å². The van der Waals surface area contributed by atoms with Gasteiger partial charge in [-0.2, -0.15) is 0 Å². The lowest BCUT2D eigenvalue weighted by Crippen LogP contribution is -2.12. The first-order chi connectivity index (χ1) is 9.75. The van der Waals surface area contributed by atoms with Gasteiger partial charge in [-0.05, 0) is 42.5 Å². The minimum Gasteiger partial charge on any atom is -0.322 e. The Morgan fingerprint density at radius 2 is 1.52 bits per heavy atom. The second-order valence-corrected chi connectivity index (χ2v) is 8.47. The monoisotopic (exact) mass is 451 g/mol. The summed E-state index contributed by atoms with van der Waals surface area (Å²) in [6, 6.07) is 10.8. The molecule has 0 heterocycles. The lowest BCUT2D eigenvalue weighted by Gasteiger charge is -2.07. The summed E-state index contributed by atoms with van der Waals surface area (Å²) in [6.07, 6.45) is 0. The number of halogens is 3. The van der Waals surface area contributed by atoms with Crippen LogP contribution in [0.5, 0.6) is 0 Å². The van der Waals surface area contributed by atoms with E-state index in [1.165, 1.54) is 24.3 Å². The van der Waals surface area contributed by atoms with E-state index in [0.717, 1.165) is 8.95 Å². The zero-order valence-corrected chi connectivity index (χ0v) is 15.1. The molecule has 110 valence electrons. The molecule has 8 heteroatoms. The lowest BCUT2D eigenvalue weighted by molar-refractivity contribution is 0.102. The minimum atomic E-state index is -3.76. The van der Waals surface area contributed by atoms with Crippen molar-refractivity contribution in [1.29, 1.82) is 0 Å². The highest BCUT2D eigenvalue weighted by Gasteiger charge is 2.11. The Morgan fingerprint density at radius 3 is 2.00 bits per heavy atom. The SMILES string of the molecule is O=C(Nc1ccc(S(=O)(=O)Cl)cc1)c1cc(Br)cc(Br)c1. The Bertz CT molecular complexity index is 771. The fraction of sp³-hybridized carbons (Fsp3) is 0. The highest BCUT2D eigenvalue weighted by atomic mass is 79.9. The normalized spacial score (nSPS) is 11.2. The van der Waals surface area contributed by atoms with Gasteiger partial charge in [0.2, 0.25) is 0 Å². The van der Waals surface area contributed by atoms with E-state index in [9.17, 15) is 13.2 Å². The molecule has 0 bridgehead atoms. The Balaban J connectivity index is 2.20. The molecule has 0 aliphatic heterocycles. The van der Waals surface area contributed by atoms with Crippen molar-refractivity contribution in [3.05, 3.63) is 57.0 Å². The van der Waals surface area contributed by atoms with Gasteiger partial charge in [-0.25, -0.2) is 8.42 Å². The van der Waals surface area contributed by atoms with Gasteiger partial charge in [0.1, 0.15) is 0 Å². The Hall–Kier alpha value is -0.890. The van der Waals surface area contributed by atoms with Gasteiger partial charge in [0.15, 0.2) is 0 Å². The Labute approximate surface area is 143 Å². The zero-order chi connectivity index (χ0) is 15.6. The maximum Gasteiger partial charge on any atom is 0.261 e. The number of hydrogen-bond acceptors (Lipinski definition) is 3. The summed E-state index contributed by atoms with van der Waals surface area (Å²) >= 11 is 6.61. The predicted molar refractivity (Wildman–Crippen MR) is 89.3 cm³/mol. The summed E-state index contributed by atoms with van der Waals surface area (Å²) in [5.74, 6) is -0.307. The summed E-state index contributed by atoms with van der Waals surface area (Å²) in [6.45, 7) is 0. The van der Waals surface area contributed by atoms with E-state index in [-0.39, 0.29) is 10.8 Å². The summed E-state index contributed by atoms with van der Waals surface area (Å²) in [7, 11) is 1.46. The second-order valence-electron chi connectivity index (χ2n) is 4.07. The van der Waals surface area contributed by atoms with Crippen molar-refractivity contribution < 1.29 is 13.2 Å². The number of anilines is 1. The number of carbonyl (C=O) groups excluding carboxylic acids is 1. The second kappa shape index (κ2) is 6.48. The Kier molecular flexibility index (Phi) is 5.08. The molecule has 0 atom stereocenters. The number of amides is 1. The molecular weight excluding hydrogens is 445 g/mol. The predicted octanol–water partition coefficient (Wildman–Crippen LogP) is 4.39. The van der Waals surface area contributed by atoms with Gasteiger partial charge in [0, 0.05) is 30.9 Å². The van der Waals surface area contributed by atoms with Crippen LogP contribution in [0.2, 0.25) is 0 Å². The van der Waals surface area contributed by atoms with Crippen LogP contribution >= 0.6 is 42.5 Å². The van der Waals surface area contributed by atoms with Gasteiger partial charge < -0.3 is 5.32 Å². The fourth-order valence-electron chi connectivity index (χ4n) is 1.59.